The van der Waals surface area contributed by atoms with Crippen molar-refractivity contribution in [3.8, 4) is 0 Å². The molecule has 2 aromatic carbocycles. The van der Waals surface area contributed by atoms with Crippen LogP contribution in [0.1, 0.15) is 52.5 Å². The average molecular weight is 452 g/mol. The minimum atomic E-state index is -0.172. The van der Waals surface area contributed by atoms with Crippen LogP contribution in [0.2, 0.25) is 0 Å². The van der Waals surface area contributed by atoms with Crippen molar-refractivity contribution >= 4 is 33.4 Å². The summed E-state index contributed by atoms with van der Waals surface area (Å²) in [6.07, 6.45) is 3.75. The summed E-state index contributed by atoms with van der Waals surface area (Å²) in [6.45, 7) is 5.56. The number of imide groups is 1. The van der Waals surface area contributed by atoms with Gasteiger partial charge in [-0.1, -0.05) is 36.5 Å². The van der Waals surface area contributed by atoms with Gasteiger partial charge < -0.3 is 9.47 Å². The zero-order valence-electron chi connectivity index (χ0n) is 18.7. The number of carbonyl (C=O) groups excluding carboxylic acids is 2. The van der Waals surface area contributed by atoms with Crippen LogP contribution in [0.4, 0.5) is 0 Å². The summed E-state index contributed by atoms with van der Waals surface area (Å²) >= 11 is 1.30. The van der Waals surface area contributed by atoms with Crippen molar-refractivity contribution in [1.82, 2.24) is 14.4 Å². The van der Waals surface area contributed by atoms with Crippen LogP contribution in [0, 0.1) is 0 Å². The number of fused-ring (bicyclic) bond motifs is 2. The molecule has 1 aliphatic heterocycles. The Labute approximate surface area is 192 Å². The highest BCUT2D eigenvalue weighted by Crippen LogP contribution is 2.23. The largest absolute Gasteiger partial charge is 0.307 e. The number of benzene rings is 2. The van der Waals surface area contributed by atoms with E-state index in [-0.39, 0.29) is 16.7 Å². The highest BCUT2D eigenvalue weighted by molar-refractivity contribution is 7.16. The van der Waals surface area contributed by atoms with Crippen molar-refractivity contribution < 1.29 is 9.59 Å². The number of carbonyl (C=O) groups is 2. The van der Waals surface area contributed by atoms with Crippen LogP contribution in [0.5, 0.6) is 0 Å². The maximum absolute atomic E-state index is 12.5. The minimum absolute atomic E-state index is 0.0721. The summed E-state index contributed by atoms with van der Waals surface area (Å²) in [4.78, 5) is 40.8. The molecule has 0 saturated carbocycles. The van der Waals surface area contributed by atoms with Gasteiger partial charge in [-0.25, -0.2) is 0 Å². The predicted molar refractivity (Wildman–Crippen MR) is 129 cm³/mol. The summed E-state index contributed by atoms with van der Waals surface area (Å²) < 4.78 is 2.74. The molecule has 0 bridgehead atoms. The Morgan fingerprint density at radius 2 is 1.62 bits per heavy atom. The van der Waals surface area contributed by atoms with E-state index in [9.17, 15) is 14.4 Å². The number of amides is 2. The highest BCUT2D eigenvalue weighted by Gasteiger charge is 2.34. The Hall–Kier alpha value is -2.77. The fraction of sp³-hybridized carbons (Fsp3) is 0.400. The summed E-state index contributed by atoms with van der Waals surface area (Å²) in [5.74, 6) is -0.343. The number of nitrogens with zero attached hydrogens (tertiary/aromatic N) is 3. The quantitative estimate of drug-likeness (QED) is 0.346. The van der Waals surface area contributed by atoms with Gasteiger partial charge in [-0.3, -0.25) is 19.3 Å². The van der Waals surface area contributed by atoms with Crippen LogP contribution >= 0.6 is 11.3 Å². The molecule has 3 aromatic rings. The van der Waals surface area contributed by atoms with Gasteiger partial charge in [0, 0.05) is 20.1 Å². The molecule has 2 amide bonds. The van der Waals surface area contributed by atoms with Crippen LogP contribution in [-0.4, -0.2) is 52.4 Å². The maximum Gasteiger partial charge on any atom is 0.307 e. The number of thiazole rings is 1. The van der Waals surface area contributed by atoms with Gasteiger partial charge in [0.2, 0.25) is 0 Å². The molecule has 0 atom stereocenters. The van der Waals surface area contributed by atoms with E-state index >= 15 is 0 Å². The monoisotopic (exact) mass is 451 g/mol. The maximum atomic E-state index is 12.5. The average Bonchev–Trinajstić information content (AvgIpc) is 3.22. The summed E-state index contributed by atoms with van der Waals surface area (Å²) in [7, 11) is 1.81. The van der Waals surface area contributed by atoms with E-state index < -0.39 is 0 Å². The molecule has 0 fully saturated rings. The zero-order valence-corrected chi connectivity index (χ0v) is 19.5. The smallest absolute Gasteiger partial charge is 0.303 e. The normalized spacial score (nSPS) is 13.5. The molecule has 1 aromatic heterocycles. The summed E-state index contributed by atoms with van der Waals surface area (Å²) in [5, 5.41) is 0. The third-order valence-electron chi connectivity index (χ3n) is 6.10. The fourth-order valence-electron chi connectivity index (χ4n) is 4.32. The van der Waals surface area contributed by atoms with Gasteiger partial charge >= 0.3 is 4.87 Å². The van der Waals surface area contributed by atoms with E-state index in [0.717, 1.165) is 55.5 Å². The van der Waals surface area contributed by atoms with Gasteiger partial charge in [-0.05, 0) is 68.6 Å². The Bertz CT molecular complexity index is 1160. The van der Waals surface area contributed by atoms with Crippen LogP contribution < -0.4 is 4.87 Å². The van der Waals surface area contributed by atoms with E-state index in [1.807, 2.05) is 13.1 Å². The molecule has 32 heavy (non-hydrogen) atoms. The lowest BCUT2D eigenvalue weighted by molar-refractivity contribution is 0.0650. The highest BCUT2D eigenvalue weighted by atomic mass is 32.1. The van der Waals surface area contributed by atoms with E-state index in [1.54, 1.807) is 28.8 Å². The van der Waals surface area contributed by atoms with E-state index in [0.29, 0.717) is 17.7 Å². The van der Waals surface area contributed by atoms with Crippen molar-refractivity contribution in [1.29, 1.82) is 0 Å². The number of aromatic nitrogens is 1. The van der Waals surface area contributed by atoms with Crippen LogP contribution in [0.15, 0.2) is 47.3 Å². The molecular weight excluding hydrogens is 422 g/mol. The second kappa shape index (κ2) is 9.79. The SMILES string of the molecule is CCCN(CCCCN1C(=O)c2ccccc2C1=O)CCc1ccc2c(c1)sc(=O)n2C. The molecule has 0 aliphatic carbocycles. The lowest BCUT2D eigenvalue weighted by atomic mass is 10.1. The predicted octanol–water partition coefficient (Wildman–Crippen LogP) is 3.93. The van der Waals surface area contributed by atoms with Gasteiger partial charge in [0.05, 0.1) is 21.3 Å². The van der Waals surface area contributed by atoms with Crippen molar-refractivity contribution in [2.24, 2.45) is 7.05 Å². The number of rotatable bonds is 10. The van der Waals surface area contributed by atoms with Crippen molar-refractivity contribution in [3.63, 3.8) is 0 Å². The molecule has 0 unspecified atom stereocenters. The molecule has 168 valence electrons. The fourth-order valence-corrected chi connectivity index (χ4v) is 5.26. The topological polar surface area (TPSA) is 62.6 Å². The standard InChI is InChI=1S/C25H29N3O3S/c1-3-13-27(16-12-18-10-11-21-22(17-18)32-25(31)26(21)2)14-6-7-15-28-23(29)19-8-4-5-9-20(19)24(28)30/h4-5,8-11,17H,3,6-7,12-16H2,1-2H3. The first-order valence-electron chi connectivity index (χ1n) is 11.3. The molecular formula is C25H29N3O3S. The molecule has 0 N–H and O–H groups in total. The van der Waals surface area contributed by atoms with E-state index in [4.69, 9.17) is 0 Å². The first kappa shape index (κ1) is 22.4. The summed E-state index contributed by atoms with van der Waals surface area (Å²) in [5.41, 5.74) is 3.27. The first-order valence-corrected chi connectivity index (χ1v) is 12.1. The molecule has 4 rings (SSSR count). The number of hydrogen-bond donors (Lipinski definition) is 0. The Kier molecular flexibility index (Phi) is 6.86. The molecule has 1 aliphatic rings. The Morgan fingerprint density at radius 1 is 0.906 bits per heavy atom. The molecule has 6 nitrogen and oxygen atoms in total. The van der Waals surface area contributed by atoms with Gasteiger partial charge in [-0.15, -0.1) is 0 Å². The van der Waals surface area contributed by atoms with E-state index in [1.165, 1.54) is 21.8 Å². The third kappa shape index (κ3) is 4.54. The van der Waals surface area contributed by atoms with Gasteiger partial charge in [-0.2, -0.15) is 0 Å². The zero-order chi connectivity index (χ0) is 22.7. The second-order valence-electron chi connectivity index (χ2n) is 8.34. The Balaban J connectivity index is 1.27. The van der Waals surface area contributed by atoms with Crippen molar-refractivity contribution in [2.75, 3.05) is 26.2 Å². The minimum Gasteiger partial charge on any atom is -0.303 e. The second-order valence-corrected chi connectivity index (χ2v) is 9.33. The van der Waals surface area contributed by atoms with Gasteiger partial charge in [0.1, 0.15) is 0 Å². The van der Waals surface area contributed by atoms with Crippen molar-refractivity contribution in [2.45, 2.75) is 32.6 Å². The molecule has 0 radical (unpaired) electrons. The molecule has 0 spiro atoms. The van der Waals surface area contributed by atoms with E-state index in [2.05, 4.69) is 24.0 Å². The molecule has 2 heterocycles. The van der Waals surface area contributed by atoms with Crippen molar-refractivity contribution in [3.05, 3.63) is 68.8 Å². The molecule has 7 heteroatoms. The number of hydrogen-bond acceptors (Lipinski definition) is 5. The Morgan fingerprint density at radius 3 is 2.31 bits per heavy atom. The third-order valence-corrected chi connectivity index (χ3v) is 7.09. The first-order chi connectivity index (χ1) is 15.5. The van der Waals surface area contributed by atoms with Crippen LogP contribution in [0.3, 0.4) is 0 Å². The number of unbranched alkanes of at least 4 members (excludes halogenated alkanes) is 1. The van der Waals surface area contributed by atoms with Gasteiger partial charge in [0.25, 0.3) is 11.8 Å². The van der Waals surface area contributed by atoms with Crippen LogP contribution in [-0.2, 0) is 13.5 Å². The summed E-state index contributed by atoms with van der Waals surface area (Å²) in [6, 6.07) is 13.3. The number of aryl methyl sites for hydroxylation is 1. The lowest BCUT2D eigenvalue weighted by Crippen LogP contribution is -2.32. The lowest BCUT2D eigenvalue weighted by Gasteiger charge is -2.22. The van der Waals surface area contributed by atoms with Crippen LogP contribution in [0.25, 0.3) is 10.2 Å². The van der Waals surface area contributed by atoms with Gasteiger partial charge in [0.15, 0.2) is 0 Å². The molecule has 0 saturated heterocycles.